The summed E-state index contributed by atoms with van der Waals surface area (Å²) in [6.07, 6.45) is 27.3. The fourth-order valence-electron chi connectivity index (χ4n) is 7.18. The summed E-state index contributed by atoms with van der Waals surface area (Å²) in [5.74, 6) is 0.480. The molecule has 0 bridgehead atoms. The maximum absolute atomic E-state index is 2.53. The third-order valence-electron chi connectivity index (χ3n) is 9.00. The van der Waals surface area contributed by atoms with Gasteiger partial charge in [0, 0.05) is 5.92 Å². The van der Waals surface area contributed by atoms with Gasteiger partial charge in [-0.15, -0.1) is 0 Å². The molecule has 0 aromatic heterocycles. The molecule has 0 N–H and O–H groups in total. The zero-order valence-electron chi connectivity index (χ0n) is 20.7. The van der Waals surface area contributed by atoms with Crippen LogP contribution in [0.25, 0.3) is 34.1 Å². The minimum atomic E-state index is 0.480. The fraction of sp³-hybridized carbons (Fsp3) is 0.222. The van der Waals surface area contributed by atoms with Gasteiger partial charge in [0.15, 0.2) is 0 Å². The lowest BCUT2D eigenvalue weighted by Gasteiger charge is -2.27. The molecule has 1 unspecified atom stereocenters. The lowest BCUT2D eigenvalue weighted by Crippen LogP contribution is -2.27. The van der Waals surface area contributed by atoms with Crippen molar-refractivity contribution in [2.75, 3.05) is 0 Å². The number of hydrogen-bond donors (Lipinski definition) is 0. The van der Waals surface area contributed by atoms with Gasteiger partial charge in [-0.05, 0) is 116 Å². The normalized spacial score (nSPS) is 21.3. The Morgan fingerprint density at radius 3 is 2.67 bits per heavy atom. The second-order valence-corrected chi connectivity index (χ2v) is 11.0. The van der Waals surface area contributed by atoms with Crippen LogP contribution in [0, 0.1) is 0 Å². The number of aryl methyl sites for hydroxylation is 1. The number of allylic oxidation sites excluding steroid dienone is 9. The van der Waals surface area contributed by atoms with Crippen LogP contribution in [0.15, 0.2) is 90.1 Å². The van der Waals surface area contributed by atoms with E-state index in [-0.39, 0.29) is 0 Å². The molecule has 0 fully saturated rings. The highest BCUT2D eigenvalue weighted by Gasteiger charge is 2.24. The topological polar surface area (TPSA) is 0 Å². The van der Waals surface area contributed by atoms with Crippen LogP contribution in [0.4, 0.5) is 0 Å². The van der Waals surface area contributed by atoms with Gasteiger partial charge in [0.05, 0.1) is 0 Å². The summed E-state index contributed by atoms with van der Waals surface area (Å²) in [6.45, 7) is 0. The van der Waals surface area contributed by atoms with E-state index >= 15 is 0 Å². The van der Waals surface area contributed by atoms with Gasteiger partial charge in [0.2, 0.25) is 0 Å². The largest absolute Gasteiger partial charge is 0.0839 e. The van der Waals surface area contributed by atoms with E-state index in [9.17, 15) is 0 Å². The smallest absolute Gasteiger partial charge is 0.00686 e. The van der Waals surface area contributed by atoms with Crippen molar-refractivity contribution in [3.63, 3.8) is 0 Å². The Kier molecular flexibility index (Phi) is 4.53. The first-order valence-electron chi connectivity index (χ1n) is 13.7. The van der Waals surface area contributed by atoms with E-state index in [1.165, 1.54) is 73.9 Å². The number of hydrogen-bond acceptors (Lipinski definition) is 0. The van der Waals surface area contributed by atoms with Crippen LogP contribution >= 0.6 is 0 Å². The van der Waals surface area contributed by atoms with Crippen LogP contribution in [0.5, 0.6) is 0 Å². The average Bonchev–Trinajstić information content (AvgIpc) is 2.95. The molecule has 0 aliphatic heterocycles. The van der Waals surface area contributed by atoms with Crippen molar-refractivity contribution in [1.82, 2.24) is 0 Å². The van der Waals surface area contributed by atoms with Gasteiger partial charge in [-0.2, -0.15) is 0 Å². The van der Waals surface area contributed by atoms with Crippen LogP contribution < -0.4 is 10.4 Å². The SMILES string of the molecule is C1=CC2=C(C=C(c3ccc4ccc5c6c4c3=CCC6C=CC=5c3ccc4c(c3)CCC=C4)CC2)CC1. The van der Waals surface area contributed by atoms with Crippen molar-refractivity contribution >= 4 is 34.1 Å². The number of benzene rings is 3. The van der Waals surface area contributed by atoms with Crippen LogP contribution in [0.2, 0.25) is 0 Å². The molecule has 5 aliphatic carbocycles. The zero-order chi connectivity index (χ0) is 23.6. The van der Waals surface area contributed by atoms with Crippen molar-refractivity contribution in [3.8, 4) is 0 Å². The van der Waals surface area contributed by atoms with E-state index in [1.54, 1.807) is 16.7 Å². The second-order valence-electron chi connectivity index (χ2n) is 11.0. The third-order valence-corrected chi connectivity index (χ3v) is 9.00. The first-order chi connectivity index (χ1) is 17.8. The Hall–Kier alpha value is -3.64. The summed E-state index contributed by atoms with van der Waals surface area (Å²) >= 11 is 0. The zero-order valence-corrected chi connectivity index (χ0v) is 20.7. The van der Waals surface area contributed by atoms with Gasteiger partial charge in [-0.1, -0.05) is 91.1 Å². The van der Waals surface area contributed by atoms with E-state index in [0.29, 0.717) is 5.92 Å². The Labute approximate surface area is 213 Å². The Morgan fingerprint density at radius 2 is 1.67 bits per heavy atom. The Bertz CT molecular complexity index is 1750. The molecule has 0 nitrogen and oxygen atoms in total. The molecule has 5 aliphatic rings. The fourth-order valence-corrected chi connectivity index (χ4v) is 7.18. The summed E-state index contributed by atoms with van der Waals surface area (Å²) in [7, 11) is 0. The third kappa shape index (κ3) is 3.07. The van der Waals surface area contributed by atoms with Gasteiger partial charge in [0.1, 0.15) is 0 Å². The van der Waals surface area contributed by atoms with Gasteiger partial charge < -0.3 is 0 Å². The molecule has 3 aromatic carbocycles. The Balaban J connectivity index is 1.36. The summed E-state index contributed by atoms with van der Waals surface area (Å²) in [5.41, 5.74) is 13.3. The van der Waals surface area contributed by atoms with Gasteiger partial charge in [-0.3, -0.25) is 0 Å². The minimum absolute atomic E-state index is 0.480. The highest BCUT2D eigenvalue weighted by molar-refractivity contribution is 5.95. The number of fused-ring (bicyclic) bond motifs is 1. The van der Waals surface area contributed by atoms with Crippen LogP contribution in [-0.4, -0.2) is 0 Å². The average molecular weight is 463 g/mol. The molecule has 0 radical (unpaired) electrons. The van der Waals surface area contributed by atoms with Crippen molar-refractivity contribution in [2.45, 2.75) is 50.9 Å². The molecule has 0 saturated carbocycles. The van der Waals surface area contributed by atoms with Gasteiger partial charge >= 0.3 is 0 Å². The minimum Gasteiger partial charge on any atom is -0.0839 e. The summed E-state index contributed by atoms with van der Waals surface area (Å²) in [4.78, 5) is 0. The molecule has 174 valence electrons. The van der Waals surface area contributed by atoms with Crippen LogP contribution in [0.3, 0.4) is 0 Å². The van der Waals surface area contributed by atoms with E-state index in [0.717, 1.165) is 25.7 Å². The van der Waals surface area contributed by atoms with Gasteiger partial charge in [0.25, 0.3) is 0 Å². The van der Waals surface area contributed by atoms with Crippen LogP contribution in [0.1, 0.15) is 72.3 Å². The van der Waals surface area contributed by atoms with Gasteiger partial charge in [-0.25, -0.2) is 0 Å². The van der Waals surface area contributed by atoms with Crippen molar-refractivity contribution < 1.29 is 0 Å². The molecule has 36 heavy (non-hydrogen) atoms. The molecule has 0 spiro atoms. The summed E-state index contributed by atoms with van der Waals surface area (Å²) in [5, 5.41) is 5.80. The maximum Gasteiger partial charge on any atom is 0.00686 e. The van der Waals surface area contributed by atoms with Crippen molar-refractivity contribution in [1.29, 1.82) is 0 Å². The molecule has 8 rings (SSSR count). The summed E-state index contributed by atoms with van der Waals surface area (Å²) in [6, 6.07) is 16.6. The first kappa shape index (κ1) is 20.5. The molecule has 0 amide bonds. The molecule has 1 atom stereocenters. The van der Waals surface area contributed by atoms with E-state index in [2.05, 4.69) is 91.1 Å². The summed E-state index contributed by atoms with van der Waals surface area (Å²) < 4.78 is 0. The lowest BCUT2D eigenvalue weighted by molar-refractivity contribution is 0.872. The highest BCUT2D eigenvalue weighted by atomic mass is 14.3. The first-order valence-corrected chi connectivity index (χ1v) is 13.7. The van der Waals surface area contributed by atoms with Crippen molar-refractivity contribution in [2.24, 2.45) is 0 Å². The van der Waals surface area contributed by atoms with Crippen LogP contribution in [-0.2, 0) is 6.42 Å². The quantitative estimate of drug-likeness (QED) is 0.367. The van der Waals surface area contributed by atoms with E-state index in [1.807, 2.05) is 0 Å². The van der Waals surface area contributed by atoms with E-state index in [4.69, 9.17) is 0 Å². The molecule has 3 aromatic rings. The van der Waals surface area contributed by atoms with Crippen molar-refractivity contribution in [3.05, 3.63) is 128 Å². The lowest BCUT2D eigenvalue weighted by atomic mass is 9.77. The molecule has 0 heteroatoms. The number of rotatable bonds is 2. The molecule has 0 saturated heterocycles. The predicted octanol–water partition coefficient (Wildman–Crippen LogP) is 7.66. The monoisotopic (exact) mass is 462 g/mol. The molecular weight excluding hydrogens is 432 g/mol. The molecule has 0 heterocycles. The predicted molar refractivity (Wildman–Crippen MR) is 153 cm³/mol. The Morgan fingerprint density at radius 1 is 0.750 bits per heavy atom. The second kappa shape index (κ2) is 7.93. The maximum atomic E-state index is 2.53. The standard InChI is InChI=1S/C36H30/c1-3-7-27-21-29(11-9-23(27)5-1)31-17-13-25-16-20-34-32(18-14-26-15-19-33(31)35(25)36(26)34)30-12-10-24-6-2-4-8-28(24)22-30/h1-2,5-6,9,11,13-15,17-22,25H,3-4,7-8,10,12,16H2. The van der Waals surface area contributed by atoms with E-state index < -0.39 is 0 Å². The highest BCUT2D eigenvalue weighted by Crippen LogP contribution is 2.38. The molecular formula is C36H30.